The predicted octanol–water partition coefficient (Wildman–Crippen LogP) is 6.52. The molecule has 0 N–H and O–H groups in total. The Morgan fingerprint density at radius 3 is 2.28 bits per heavy atom. The van der Waals surface area contributed by atoms with Crippen molar-refractivity contribution in [2.24, 2.45) is 0 Å². The molecule has 0 fully saturated rings. The highest BCUT2D eigenvalue weighted by atomic mass is 35.5. The number of hydrogen-bond acceptors (Lipinski definition) is 4. The summed E-state index contributed by atoms with van der Waals surface area (Å²) in [5.74, 6) is -0.788. The summed E-state index contributed by atoms with van der Waals surface area (Å²) in [5, 5.41) is 1.31. The van der Waals surface area contributed by atoms with Gasteiger partial charge < -0.3 is 4.74 Å². The second-order valence-electron chi connectivity index (χ2n) is 7.90. The SMILES string of the molecule is Cc1ccc(C)c(C(=O)COC(=O)c2cc(-c3ccc(Cl)cc3)nc3ccc(C)cc23)c1. The molecule has 1 aromatic heterocycles. The van der Waals surface area contributed by atoms with Crippen LogP contribution in [0.1, 0.15) is 37.4 Å². The van der Waals surface area contributed by atoms with Gasteiger partial charge >= 0.3 is 5.97 Å². The van der Waals surface area contributed by atoms with Crippen LogP contribution in [0.2, 0.25) is 5.02 Å². The Morgan fingerprint density at radius 1 is 0.844 bits per heavy atom. The topological polar surface area (TPSA) is 56.3 Å². The van der Waals surface area contributed by atoms with Gasteiger partial charge in [-0.3, -0.25) is 4.79 Å². The molecule has 0 aliphatic carbocycles. The average Bonchev–Trinajstić information content (AvgIpc) is 2.78. The van der Waals surface area contributed by atoms with E-state index in [0.29, 0.717) is 32.7 Å². The van der Waals surface area contributed by atoms with Crippen LogP contribution in [0.15, 0.2) is 66.7 Å². The number of nitrogens with zero attached hydrogens (tertiary/aromatic N) is 1. The largest absolute Gasteiger partial charge is 0.454 e. The Hall–Kier alpha value is -3.50. The molecule has 5 heteroatoms. The molecular formula is C27H22ClNO3. The van der Waals surface area contributed by atoms with Crippen molar-refractivity contribution in [3.05, 3.63) is 99.6 Å². The van der Waals surface area contributed by atoms with Crippen molar-refractivity contribution in [1.82, 2.24) is 4.98 Å². The Balaban J connectivity index is 1.68. The first kappa shape index (κ1) is 21.7. The van der Waals surface area contributed by atoms with Gasteiger partial charge in [0.25, 0.3) is 0 Å². The van der Waals surface area contributed by atoms with Gasteiger partial charge in [0.15, 0.2) is 6.61 Å². The van der Waals surface area contributed by atoms with Crippen LogP contribution in [-0.2, 0) is 4.74 Å². The predicted molar refractivity (Wildman–Crippen MR) is 127 cm³/mol. The molecule has 3 aromatic carbocycles. The maximum atomic E-state index is 13.1. The lowest BCUT2D eigenvalue weighted by atomic mass is 10.0. The van der Waals surface area contributed by atoms with Gasteiger partial charge in [0.05, 0.1) is 16.8 Å². The lowest BCUT2D eigenvalue weighted by molar-refractivity contribution is 0.0476. The number of ether oxygens (including phenoxy) is 1. The number of carbonyl (C=O) groups excluding carboxylic acids is 2. The van der Waals surface area contributed by atoms with Crippen molar-refractivity contribution in [1.29, 1.82) is 0 Å². The Morgan fingerprint density at radius 2 is 1.53 bits per heavy atom. The van der Waals surface area contributed by atoms with Crippen LogP contribution in [0, 0.1) is 20.8 Å². The molecule has 0 spiro atoms. The summed E-state index contributed by atoms with van der Waals surface area (Å²) >= 11 is 6.01. The first-order chi connectivity index (χ1) is 15.3. The van der Waals surface area contributed by atoms with Crippen LogP contribution in [0.3, 0.4) is 0 Å². The highest BCUT2D eigenvalue weighted by molar-refractivity contribution is 6.30. The summed E-state index contributed by atoms with van der Waals surface area (Å²) < 4.78 is 5.46. The zero-order valence-corrected chi connectivity index (χ0v) is 18.9. The molecule has 32 heavy (non-hydrogen) atoms. The molecule has 160 valence electrons. The minimum Gasteiger partial charge on any atom is -0.454 e. The second kappa shape index (κ2) is 8.93. The third-order valence-corrected chi connectivity index (χ3v) is 5.60. The molecule has 4 nitrogen and oxygen atoms in total. The molecule has 0 unspecified atom stereocenters. The fraction of sp³-hybridized carbons (Fsp3) is 0.148. The van der Waals surface area contributed by atoms with E-state index in [1.807, 2.05) is 69.3 Å². The minimum atomic E-state index is -0.558. The molecular weight excluding hydrogens is 422 g/mol. The quantitative estimate of drug-likeness (QED) is 0.260. The van der Waals surface area contributed by atoms with E-state index in [0.717, 1.165) is 22.3 Å². The maximum absolute atomic E-state index is 13.1. The molecule has 0 saturated heterocycles. The van der Waals surface area contributed by atoms with Gasteiger partial charge in [0, 0.05) is 21.5 Å². The van der Waals surface area contributed by atoms with Crippen LogP contribution in [-0.4, -0.2) is 23.3 Å². The number of aryl methyl sites for hydroxylation is 3. The highest BCUT2D eigenvalue weighted by Crippen LogP contribution is 2.27. The molecule has 1 heterocycles. The standard InChI is InChI=1S/C27H22ClNO3/c1-16-4-6-18(3)21(12-16)26(30)15-32-27(31)23-14-25(19-7-9-20(28)10-8-19)29-24-11-5-17(2)13-22(23)24/h4-14H,15H2,1-3H3. The number of hydrogen-bond donors (Lipinski definition) is 0. The molecule has 0 bridgehead atoms. The summed E-state index contributed by atoms with van der Waals surface area (Å²) in [7, 11) is 0. The number of carbonyl (C=O) groups is 2. The van der Waals surface area contributed by atoms with Crippen LogP contribution in [0.5, 0.6) is 0 Å². The van der Waals surface area contributed by atoms with E-state index >= 15 is 0 Å². The molecule has 0 aliphatic rings. The number of rotatable bonds is 5. The van der Waals surface area contributed by atoms with E-state index in [1.165, 1.54) is 0 Å². The monoisotopic (exact) mass is 443 g/mol. The Labute approximate surface area is 191 Å². The van der Waals surface area contributed by atoms with Crippen molar-refractivity contribution >= 4 is 34.3 Å². The van der Waals surface area contributed by atoms with E-state index in [1.54, 1.807) is 18.2 Å². The second-order valence-corrected chi connectivity index (χ2v) is 8.34. The van der Waals surface area contributed by atoms with Gasteiger partial charge in [-0.2, -0.15) is 0 Å². The zero-order valence-electron chi connectivity index (χ0n) is 18.1. The minimum absolute atomic E-state index is 0.230. The zero-order chi connectivity index (χ0) is 22.8. The van der Waals surface area contributed by atoms with Gasteiger partial charge in [-0.1, -0.05) is 53.1 Å². The Bertz CT molecular complexity index is 1340. The molecule has 0 radical (unpaired) electrons. The van der Waals surface area contributed by atoms with Crippen molar-refractivity contribution in [3.8, 4) is 11.3 Å². The van der Waals surface area contributed by atoms with Crippen LogP contribution < -0.4 is 0 Å². The van der Waals surface area contributed by atoms with Gasteiger partial charge in [0.2, 0.25) is 5.78 Å². The number of ketones is 1. The lowest BCUT2D eigenvalue weighted by Crippen LogP contribution is -2.16. The molecule has 0 saturated carbocycles. The van der Waals surface area contributed by atoms with Crippen molar-refractivity contribution in [2.75, 3.05) is 6.61 Å². The third kappa shape index (κ3) is 4.56. The molecule has 4 aromatic rings. The normalized spacial score (nSPS) is 10.9. The fourth-order valence-corrected chi connectivity index (χ4v) is 3.73. The Kier molecular flexibility index (Phi) is 6.06. The van der Waals surface area contributed by atoms with Crippen molar-refractivity contribution < 1.29 is 14.3 Å². The molecule has 4 rings (SSSR count). The number of benzene rings is 3. The summed E-state index contributed by atoms with van der Waals surface area (Å²) in [6, 6.07) is 20.3. The summed E-state index contributed by atoms with van der Waals surface area (Å²) in [5.41, 5.74) is 5.91. The summed E-state index contributed by atoms with van der Waals surface area (Å²) in [6.45, 7) is 5.42. The van der Waals surface area contributed by atoms with E-state index in [9.17, 15) is 9.59 Å². The number of Topliss-reactive ketones (excluding diaryl/α,β-unsaturated/α-hetero) is 1. The highest BCUT2D eigenvalue weighted by Gasteiger charge is 2.18. The number of esters is 1. The number of aromatic nitrogens is 1. The number of pyridine rings is 1. The fourth-order valence-electron chi connectivity index (χ4n) is 3.60. The van der Waals surface area contributed by atoms with Crippen molar-refractivity contribution in [3.63, 3.8) is 0 Å². The van der Waals surface area contributed by atoms with Crippen LogP contribution in [0.25, 0.3) is 22.2 Å². The van der Waals surface area contributed by atoms with E-state index in [-0.39, 0.29) is 12.4 Å². The smallest absolute Gasteiger partial charge is 0.339 e. The van der Waals surface area contributed by atoms with Gasteiger partial charge in [-0.25, -0.2) is 9.78 Å². The molecule has 0 amide bonds. The van der Waals surface area contributed by atoms with Gasteiger partial charge in [-0.15, -0.1) is 0 Å². The average molecular weight is 444 g/mol. The number of halogens is 1. The number of fused-ring (bicyclic) bond motifs is 1. The van der Waals surface area contributed by atoms with Crippen LogP contribution >= 0.6 is 11.6 Å². The maximum Gasteiger partial charge on any atom is 0.339 e. The summed E-state index contributed by atoms with van der Waals surface area (Å²) in [4.78, 5) is 30.5. The first-order valence-electron chi connectivity index (χ1n) is 10.3. The molecule has 0 atom stereocenters. The van der Waals surface area contributed by atoms with E-state index < -0.39 is 5.97 Å². The molecule has 0 aliphatic heterocycles. The van der Waals surface area contributed by atoms with Gasteiger partial charge in [-0.05, 0) is 62.7 Å². The first-order valence-corrected chi connectivity index (χ1v) is 10.6. The van der Waals surface area contributed by atoms with E-state index in [2.05, 4.69) is 0 Å². The third-order valence-electron chi connectivity index (χ3n) is 5.35. The lowest BCUT2D eigenvalue weighted by Gasteiger charge is -2.11. The van der Waals surface area contributed by atoms with Gasteiger partial charge in [0.1, 0.15) is 0 Å². The van der Waals surface area contributed by atoms with Crippen molar-refractivity contribution in [2.45, 2.75) is 20.8 Å². The summed E-state index contributed by atoms with van der Waals surface area (Å²) in [6.07, 6.45) is 0. The van der Waals surface area contributed by atoms with E-state index in [4.69, 9.17) is 21.3 Å². The van der Waals surface area contributed by atoms with Crippen LogP contribution in [0.4, 0.5) is 0 Å².